The normalized spacial score (nSPS) is 11.8. The zero-order valence-corrected chi connectivity index (χ0v) is 24.9. The van der Waals surface area contributed by atoms with Crippen molar-refractivity contribution in [2.75, 3.05) is 11.9 Å². The Labute approximate surface area is 252 Å². The molecule has 10 heteroatoms. The van der Waals surface area contributed by atoms with Gasteiger partial charge in [0.15, 0.2) is 0 Å². The first-order valence-electron chi connectivity index (χ1n) is 14.0. The molecule has 224 valence electrons. The molecule has 0 aliphatic carbocycles. The van der Waals surface area contributed by atoms with E-state index in [4.69, 9.17) is 13.9 Å². The van der Waals surface area contributed by atoms with Crippen LogP contribution in [0.15, 0.2) is 121 Å². The number of hydrogen-bond donors (Lipinski definition) is 2. The second kappa shape index (κ2) is 16.4. The van der Waals surface area contributed by atoms with Gasteiger partial charge in [0.1, 0.15) is 12.4 Å². The van der Waals surface area contributed by atoms with E-state index in [0.29, 0.717) is 5.69 Å². The van der Waals surface area contributed by atoms with Gasteiger partial charge in [-0.15, -0.1) is 0 Å². The van der Waals surface area contributed by atoms with Gasteiger partial charge in [-0.2, -0.15) is 0 Å². The number of carbonyl (C=O) groups excluding carboxylic acids is 2. The summed E-state index contributed by atoms with van der Waals surface area (Å²) >= 11 is 0. The SMILES string of the molecule is CC(=O)N(CCC(NC(=O)Nc1ccccc1)P(=O)(OCc1ccccc1)OCc1ccccc1)OCc1ccccc1. The molecule has 2 N–H and O–H groups in total. The van der Waals surface area contributed by atoms with E-state index in [9.17, 15) is 14.2 Å². The molecule has 4 aromatic carbocycles. The predicted octanol–water partition coefficient (Wildman–Crippen LogP) is 7.13. The molecule has 4 rings (SSSR count). The minimum atomic E-state index is -4.05. The molecule has 0 heterocycles. The molecule has 4 aromatic rings. The van der Waals surface area contributed by atoms with Gasteiger partial charge in [0.25, 0.3) is 0 Å². The van der Waals surface area contributed by atoms with Gasteiger partial charge in [-0.05, 0) is 35.2 Å². The molecule has 0 aliphatic rings. The largest absolute Gasteiger partial charge is 0.353 e. The Morgan fingerprint density at radius 3 is 1.60 bits per heavy atom. The molecule has 1 unspecified atom stereocenters. The first kappa shape index (κ1) is 31.7. The third-order valence-corrected chi connectivity index (χ3v) is 8.53. The van der Waals surface area contributed by atoms with Crippen LogP contribution in [0.4, 0.5) is 10.5 Å². The van der Waals surface area contributed by atoms with Gasteiger partial charge in [-0.1, -0.05) is 109 Å². The molecule has 0 spiro atoms. The average molecular weight is 602 g/mol. The number of anilines is 1. The lowest BCUT2D eigenvalue weighted by molar-refractivity contribution is -0.189. The van der Waals surface area contributed by atoms with Gasteiger partial charge in [0.2, 0.25) is 5.91 Å². The maximum Gasteiger partial charge on any atom is 0.353 e. The van der Waals surface area contributed by atoms with Crippen LogP contribution in [0.1, 0.15) is 30.0 Å². The van der Waals surface area contributed by atoms with Crippen LogP contribution in [-0.4, -0.2) is 29.3 Å². The van der Waals surface area contributed by atoms with Crippen LogP contribution >= 0.6 is 7.60 Å². The quantitative estimate of drug-likeness (QED) is 0.111. The molecule has 0 saturated heterocycles. The number of hydrogen-bond acceptors (Lipinski definition) is 6. The van der Waals surface area contributed by atoms with E-state index < -0.39 is 19.4 Å². The highest BCUT2D eigenvalue weighted by atomic mass is 31.2. The number of carbonyl (C=O) groups is 2. The molecule has 9 nitrogen and oxygen atoms in total. The number of rotatable bonds is 15. The number of para-hydroxylation sites is 1. The highest BCUT2D eigenvalue weighted by Crippen LogP contribution is 2.54. The number of amides is 3. The lowest BCUT2D eigenvalue weighted by Crippen LogP contribution is -2.41. The summed E-state index contributed by atoms with van der Waals surface area (Å²) in [4.78, 5) is 31.4. The van der Waals surface area contributed by atoms with Crippen molar-refractivity contribution in [1.29, 1.82) is 0 Å². The second-order valence-electron chi connectivity index (χ2n) is 9.71. The van der Waals surface area contributed by atoms with Crippen molar-refractivity contribution in [3.8, 4) is 0 Å². The number of urea groups is 1. The number of benzene rings is 4. The topological polar surface area (TPSA) is 106 Å². The Bertz CT molecular complexity index is 1410. The maximum atomic E-state index is 14.6. The zero-order chi connectivity index (χ0) is 30.3. The fraction of sp³-hybridized carbons (Fsp3) is 0.212. The summed E-state index contributed by atoms with van der Waals surface area (Å²) in [6.45, 7) is 1.55. The van der Waals surface area contributed by atoms with E-state index >= 15 is 0 Å². The van der Waals surface area contributed by atoms with Crippen LogP contribution in [0.2, 0.25) is 0 Å². The second-order valence-corrected chi connectivity index (χ2v) is 11.9. The molecule has 43 heavy (non-hydrogen) atoms. The summed E-state index contributed by atoms with van der Waals surface area (Å²) in [6, 6.07) is 36.3. The van der Waals surface area contributed by atoms with E-state index in [2.05, 4.69) is 10.6 Å². The van der Waals surface area contributed by atoms with Crippen LogP contribution in [0.5, 0.6) is 0 Å². The lowest BCUT2D eigenvalue weighted by atomic mass is 10.2. The average Bonchev–Trinajstić information content (AvgIpc) is 3.04. The predicted molar refractivity (Wildman–Crippen MR) is 166 cm³/mol. The van der Waals surface area contributed by atoms with Crippen LogP contribution in [0.3, 0.4) is 0 Å². The summed E-state index contributed by atoms with van der Waals surface area (Å²) in [6.07, 6.45) is 0.0252. The van der Waals surface area contributed by atoms with Gasteiger partial charge in [0, 0.05) is 12.6 Å². The summed E-state index contributed by atoms with van der Waals surface area (Å²) in [7, 11) is -4.05. The third kappa shape index (κ3) is 10.5. The number of hydroxylamine groups is 2. The number of nitrogens with one attached hydrogen (secondary N) is 2. The van der Waals surface area contributed by atoms with Crippen molar-refractivity contribution in [1.82, 2.24) is 10.4 Å². The Balaban J connectivity index is 1.56. The fourth-order valence-electron chi connectivity index (χ4n) is 4.12. The Kier molecular flexibility index (Phi) is 12.1. The molecule has 0 fully saturated rings. The highest BCUT2D eigenvalue weighted by molar-refractivity contribution is 7.54. The van der Waals surface area contributed by atoms with E-state index in [1.807, 2.05) is 97.1 Å². The molecular formula is C33H36N3O6P. The van der Waals surface area contributed by atoms with Crippen LogP contribution < -0.4 is 10.6 Å². The van der Waals surface area contributed by atoms with Crippen molar-refractivity contribution < 1.29 is 28.0 Å². The van der Waals surface area contributed by atoms with Crippen molar-refractivity contribution in [3.05, 3.63) is 138 Å². The van der Waals surface area contributed by atoms with Crippen LogP contribution in [0.25, 0.3) is 0 Å². The molecule has 0 aromatic heterocycles. The van der Waals surface area contributed by atoms with Crippen LogP contribution in [0, 0.1) is 0 Å². The van der Waals surface area contributed by atoms with Crippen molar-refractivity contribution in [3.63, 3.8) is 0 Å². The molecule has 0 saturated carbocycles. The maximum absolute atomic E-state index is 14.6. The molecule has 0 radical (unpaired) electrons. The minimum absolute atomic E-state index is 0.00762. The van der Waals surface area contributed by atoms with E-state index in [1.54, 1.807) is 24.3 Å². The van der Waals surface area contributed by atoms with E-state index in [1.165, 1.54) is 12.0 Å². The fourth-order valence-corrected chi connectivity index (χ4v) is 5.92. The summed E-state index contributed by atoms with van der Waals surface area (Å²) in [5.74, 6) is -1.46. The van der Waals surface area contributed by atoms with E-state index in [0.717, 1.165) is 16.7 Å². The van der Waals surface area contributed by atoms with Gasteiger partial charge in [-0.25, -0.2) is 9.86 Å². The standard InChI is InChI=1S/C33H36N3O6P/c1-27(37)36(40-24-28-14-6-2-7-15-28)23-22-32(35-33(38)34-31-20-12-5-13-21-31)43(39,41-25-29-16-8-3-9-17-29)42-26-30-18-10-4-11-19-30/h2-21,32H,22-26H2,1H3,(H2,34,35,38). The zero-order valence-electron chi connectivity index (χ0n) is 24.0. The first-order chi connectivity index (χ1) is 20.9. The third-order valence-electron chi connectivity index (χ3n) is 6.41. The monoisotopic (exact) mass is 601 g/mol. The van der Waals surface area contributed by atoms with Crippen molar-refractivity contribution >= 4 is 25.2 Å². The molecular weight excluding hydrogens is 565 g/mol. The van der Waals surface area contributed by atoms with Crippen molar-refractivity contribution in [2.45, 2.75) is 38.9 Å². The van der Waals surface area contributed by atoms with Gasteiger partial charge in [0.05, 0.1) is 19.8 Å². The van der Waals surface area contributed by atoms with Gasteiger partial charge >= 0.3 is 13.6 Å². The molecule has 0 aliphatic heterocycles. The Hall–Kier alpha value is -4.27. The highest BCUT2D eigenvalue weighted by Gasteiger charge is 2.38. The lowest BCUT2D eigenvalue weighted by Gasteiger charge is -2.30. The van der Waals surface area contributed by atoms with Crippen molar-refractivity contribution in [2.24, 2.45) is 0 Å². The summed E-state index contributed by atoms with van der Waals surface area (Å²) in [5, 5.41) is 6.74. The number of nitrogens with zero attached hydrogens (tertiary/aromatic N) is 1. The molecule has 1 atom stereocenters. The Morgan fingerprint density at radius 2 is 1.14 bits per heavy atom. The summed E-state index contributed by atoms with van der Waals surface area (Å²) in [5.41, 5.74) is 3.01. The first-order valence-corrected chi connectivity index (χ1v) is 15.6. The molecule has 3 amide bonds. The van der Waals surface area contributed by atoms with E-state index in [-0.39, 0.29) is 38.7 Å². The van der Waals surface area contributed by atoms with Gasteiger partial charge in [-0.3, -0.25) is 14.2 Å². The summed E-state index contributed by atoms with van der Waals surface area (Å²) < 4.78 is 26.6. The van der Waals surface area contributed by atoms with Gasteiger partial charge < -0.3 is 19.7 Å². The molecule has 0 bridgehead atoms. The smallest absolute Gasteiger partial charge is 0.323 e. The minimum Gasteiger partial charge on any atom is -0.323 e. The Morgan fingerprint density at radius 1 is 0.698 bits per heavy atom. The van der Waals surface area contributed by atoms with Crippen LogP contribution in [-0.2, 0) is 43.1 Å².